The van der Waals surface area contributed by atoms with Gasteiger partial charge in [-0.2, -0.15) is 0 Å². The van der Waals surface area contributed by atoms with Gasteiger partial charge < -0.3 is 5.32 Å². The zero-order valence-corrected chi connectivity index (χ0v) is 18.9. The fourth-order valence-electron chi connectivity index (χ4n) is 3.67. The number of hydrogen-bond acceptors (Lipinski definition) is 3. The molecule has 0 aliphatic heterocycles. The smallest absolute Gasteiger partial charge is 0.261 e. The van der Waals surface area contributed by atoms with Crippen LogP contribution in [0.2, 0.25) is 0 Å². The molecule has 0 unspecified atom stereocenters. The van der Waals surface area contributed by atoms with Gasteiger partial charge in [-0.15, -0.1) is 0 Å². The third-order valence-electron chi connectivity index (χ3n) is 5.57. The quantitative estimate of drug-likeness (QED) is 0.542. The first-order valence-electron chi connectivity index (χ1n) is 10.8. The molecule has 1 aliphatic rings. The molecule has 0 radical (unpaired) electrons. The lowest BCUT2D eigenvalue weighted by atomic mass is 9.94. The van der Waals surface area contributed by atoms with Crippen LogP contribution in [0.25, 0.3) is 0 Å². The van der Waals surface area contributed by atoms with Gasteiger partial charge in [0.1, 0.15) is 0 Å². The summed E-state index contributed by atoms with van der Waals surface area (Å²) < 4.78 is 28.1. The number of hydrogen-bond donors (Lipinski definition) is 2. The molecule has 2 aromatic carbocycles. The third-order valence-corrected chi connectivity index (χ3v) is 6.97. The van der Waals surface area contributed by atoms with Gasteiger partial charge in [-0.3, -0.25) is 9.52 Å². The van der Waals surface area contributed by atoms with E-state index in [1.165, 1.54) is 0 Å². The Labute approximate surface area is 180 Å². The highest BCUT2D eigenvalue weighted by molar-refractivity contribution is 7.92. The molecule has 0 heterocycles. The van der Waals surface area contributed by atoms with Crippen LogP contribution in [-0.4, -0.2) is 20.9 Å². The van der Waals surface area contributed by atoms with Crippen molar-refractivity contribution in [1.29, 1.82) is 0 Å². The molecule has 0 bridgehead atoms. The fourth-order valence-corrected chi connectivity index (χ4v) is 4.73. The van der Waals surface area contributed by atoms with Gasteiger partial charge in [0, 0.05) is 12.2 Å². The monoisotopic (exact) mass is 428 g/mol. The fraction of sp³-hybridized carbons (Fsp3) is 0.458. The highest BCUT2D eigenvalue weighted by Gasteiger charge is 2.50. The van der Waals surface area contributed by atoms with E-state index in [9.17, 15) is 13.2 Å². The van der Waals surface area contributed by atoms with Crippen molar-refractivity contribution in [1.82, 2.24) is 5.32 Å². The van der Waals surface area contributed by atoms with Crippen molar-refractivity contribution < 1.29 is 13.2 Å². The summed E-state index contributed by atoms with van der Waals surface area (Å²) >= 11 is 0. The van der Waals surface area contributed by atoms with E-state index in [-0.39, 0.29) is 10.8 Å². The second-order valence-electron chi connectivity index (χ2n) is 8.62. The Morgan fingerprint density at radius 2 is 1.67 bits per heavy atom. The average Bonchev–Trinajstić information content (AvgIpc) is 3.50. The standard InChI is InChI=1S/C24H32N2O3S/c1-4-5-16-25-23(27)24(14-15-24)20-8-10-21(11-9-20)26-30(28,29)22-12-6-19(7-13-22)17-18(2)3/h6-13,18,26H,4-5,14-17H2,1-3H3,(H,25,27). The summed E-state index contributed by atoms with van der Waals surface area (Å²) in [7, 11) is -3.65. The number of amides is 1. The molecule has 3 rings (SSSR count). The van der Waals surface area contributed by atoms with Gasteiger partial charge in [0.25, 0.3) is 10.0 Å². The maximum absolute atomic E-state index is 12.7. The number of nitrogens with one attached hydrogen (secondary N) is 2. The van der Waals surface area contributed by atoms with E-state index < -0.39 is 15.4 Å². The number of unbranched alkanes of at least 4 members (excludes halogenated alkanes) is 1. The van der Waals surface area contributed by atoms with E-state index in [2.05, 4.69) is 30.8 Å². The summed E-state index contributed by atoms with van der Waals surface area (Å²) in [6.07, 6.45) is 4.60. The second kappa shape index (κ2) is 9.21. The first kappa shape index (κ1) is 22.3. The Kier molecular flexibility index (Phi) is 6.86. The van der Waals surface area contributed by atoms with Crippen molar-refractivity contribution in [2.45, 2.75) is 63.2 Å². The van der Waals surface area contributed by atoms with Gasteiger partial charge in [-0.1, -0.05) is 51.5 Å². The van der Waals surface area contributed by atoms with Crippen LogP contribution >= 0.6 is 0 Å². The van der Waals surface area contributed by atoms with E-state index >= 15 is 0 Å². The molecule has 1 saturated carbocycles. The van der Waals surface area contributed by atoms with Crippen LogP contribution in [0, 0.1) is 5.92 Å². The van der Waals surface area contributed by atoms with Gasteiger partial charge in [0.15, 0.2) is 0 Å². The predicted octanol–water partition coefficient (Wildman–Crippen LogP) is 4.63. The maximum atomic E-state index is 12.7. The largest absolute Gasteiger partial charge is 0.355 e. The van der Waals surface area contributed by atoms with Crippen LogP contribution in [0.3, 0.4) is 0 Å². The number of benzene rings is 2. The van der Waals surface area contributed by atoms with Crippen LogP contribution in [0.1, 0.15) is 57.6 Å². The van der Waals surface area contributed by atoms with Crippen LogP contribution in [0.15, 0.2) is 53.4 Å². The van der Waals surface area contributed by atoms with Crippen molar-refractivity contribution >= 4 is 21.6 Å². The molecule has 6 heteroatoms. The highest BCUT2D eigenvalue weighted by atomic mass is 32.2. The van der Waals surface area contributed by atoms with E-state index in [4.69, 9.17) is 0 Å². The lowest BCUT2D eigenvalue weighted by Gasteiger charge is -2.16. The van der Waals surface area contributed by atoms with Crippen molar-refractivity contribution in [2.75, 3.05) is 11.3 Å². The SMILES string of the molecule is CCCCNC(=O)C1(c2ccc(NS(=O)(=O)c3ccc(CC(C)C)cc3)cc2)CC1. The zero-order chi connectivity index (χ0) is 21.8. The molecule has 162 valence electrons. The molecule has 0 atom stereocenters. The third kappa shape index (κ3) is 5.22. The summed E-state index contributed by atoms with van der Waals surface area (Å²) in [5.74, 6) is 0.596. The van der Waals surface area contributed by atoms with Crippen molar-refractivity contribution in [3.63, 3.8) is 0 Å². The molecule has 5 nitrogen and oxygen atoms in total. The molecule has 2 aromatic rings. The van der Waals surface area contributed by atoms with E-state index in [0.717, 1.165) is 43.2 Å². The van der Waals surface area contributed by atoms with Gasteiger partial charge in [0.2, 0.25) is 5.91 Å². The predicted molar refractivity (Wildman–Crippen MR) is 121 cm³/mol. The molecular weight excluding hydrogens is 396 g/mol. The molecular formula is C24H32N2O3S. The van der Waals surface area contributed by atoms with Crippen molar-refractivity contribution in [2.24, 2.45) is 5.92 Å². The molecule has 1 aliphatic carbocycles. The molecule has 0 aromatic heterocycles. The number of anilines is 1. The Morgan fingerprint density at radius 3 is 2.20 bits per heavy atom. The van der Waals surface area contributed by atoms with Crippen molar-refractivity contribution in [3.8, 4) is 0 Å². The molecule has 1 amide bonds. The zero-order valence-electron chi connectivity index (χ0n) is 18.1. The van der Waals surface area contributed by atoms with Crippen LogP contribution < -0.4 is 10.0 Å². The minimum absolute atomic E-state index is 0.0748. The molecule has 1 fully saturated rings. The summed E-state index contributed by atoms with van der Waals surface area (Å²) in [4.78, 5) is 12.8. The maximum Gasteiger partial charge on any atom is 0.261 e. The first-order chi connectivity index (χ1) is 14.3. The van der Waals surface area contributed by atoms with Gasteiger partial charge in [-0.25, -0.2) is 8.42 Å². The Balaban J connectivity index is 1.67. The lowest BCUT2D eigenvalue weighted by molar-refractivity contribution is -0.123. The molecule has 0 saturated heterocycles. The number of carbonyl (C=O) groups is 1. The summed E-state index contributed by atoms with van der Waals surface area (Å²) in [5.41, 5.74) is 2.11. The van der Waals surface area contributed by atoms with Gasteiger partial charge in [0.05, 0.1) is 10.3 Å². The van der Waals surface area contributed by atoms with Gasteiger partial charge in [-0.05, 0) is 67.0 Å². The first-order valence-corrected chi connectivity index (χ1v) is 12.3. The Bertz CT molecular complexity index is 961. The molecule has 0 spiro atoms. The van der Waals surface area contributed by atoms with Crippen LogP contribution in [0.4, 0.5) is 5.69 Å². The Morgan fingerprint density at radius 1 is 1.03 bits per heavy atom. The summed E-state index contributed by atoms with van der Waals surface area (Å²) in [6.45, 7) is 7.07. The van der Waals surface area contributed by atoms with E-state index in [1.807, 2.05) is 24.3 Å². The normalized spacial score (nSPS) is 15.1. The number of carbonyl (C=O) groups excluding carboxylic acids is 1. The summed E-state index contributed by atoms with van der Waals surface area (Å²) in [6, 6.07) is 14.2. The highest BCUT2D eigenvalue weighted by Crippen LogP contribution is 2.48. The summed E-state index contributed by atoms with van der Waals surface area (Å²) in [5, 5.41) is 3.02. The number of rotatable bonds is 10. The average molecular weight is 429 g/mol. The minimum atomic E-state index is -3.65. The second-order valence-corrected chi connectivity index (χ2v) is 10.3. The molecule has 2 N–H and O–H groups in total. The lowest BCUT2D eigenvalue weighted by Crippen LogP contribution is -2.35. The molecule has 30 heavy (non-hydrogen) atoms. The van der Waals surface area contributed by atoms with Crippen LogP contribution in [-0.2, 0) is 26.7 Å². The van der Waals surface area contributed by atoms with Crippen molar-refractivity contribution in [3.05, 3.63) is 59.7 Å². The van der Waals surface area contributed by atoms with E-state index in [1.54, 1.807) is 24.3 Å². The van der Waals surface area contributed by atoms with Crippen LogP contribution in [0.5, 0.6) is 0 Å². The number of sulfonamides is 1. The Hall–Kier alpha value is -2.34. The minimum Gasteiger partial charge on any atom is -0.355 e. The van der Waals surface area contributed by atoms with E-state index in [0.29, 0.717) is 18.2 Å². The topological polar surface area (TPSA) is 75.3 Å². The van der Waals surface area contributed by atoms with Gasteiger partial charge >= 0.3 is 0 Å².